The molecule has 3 rings (SSSR count). The lowest BCUT2D eigenvalue weighted by Crippen LogP contribution is -2.34. The van der Waals surface area contributed by atoms with Crippen LogP contribution in [-0.4, -0.2) is 6.54 Å². The van der Waals surface area contributed by atoms with Gasteiger partial charge in [0.15, 0.2) is 0 Å². The van der Waals surface area contributed by atoms with Crippen LogP contribution in [0.1, 0.15) is 19.3 Å². The normalized spacial score (nSPS) is 17.4. The van der Waals surface area contributed by atoms with Gasteiger partial charge in [-0.15, -0.1) is 11.3 Å². The van der Waals surface area contributed by atoms with Gasteiger partial charge in [0.1, 0.15) is 0 Å². The number of nitriles is 1. The van der Waals surface area contributed by atoms with Gasteiger partial charge in [-0.3, -0.25) is 0 Å². The maximum absolute atomic E-state index is 9.19. The number of anilines is 1. The topological polar surface area (TPSA) is 35.8 Å². The van der Waals surface area contributed by atoms with E-state index < -0.39 is 0 Å². The molecule has 1 aromatic carbocycles. The first-order chi connectivity index (χ1) is 8.33. The summed E-state index contributed by atoms with van der Waals surface area (Å²) in [5.41, 5.74) is 1.07. The zero-order chi connectivity index (χ0) is 11.7. The van der Waals surface area contributed by atoms with Crippen LogP contribution in [0.2, 0.25) is 0 Å². The van der Waals surface area contributed by atoms with Gasteiger partial charge >= 0.3 is 0 Å². The third-order valence-electron chi connectivity index (χ3n) is 3.65. The Balaban J connectivity index is 1.79. The second kappa shape index (κ2) is 4.05. The fraction of sp³-hybridized carbons (Fsp3) is 0.357. The number of hydrogen-bond donors (Lipinski definition) is 1. The standard InChI is InChI=1S/C14H14N2S/c15-9-14(6-3-7-14)10-16-12-8-17-13-5-2-1-4-11(12)13/h1-2,4-5,8,16H,3,6-7,10H2. The molecule has 1 aliphatic carbocycles. The highest BCUT2D eigenvalue weighted by Gasteiger charge is 2.36. The molecule has 0 spiro atoms. The maximum atomic E-state index is 9.19. The number of fused-ring (bicyclic) bond motifs is 1. The first-order valence-corrected chi connectivity index (χ1v) is 6.82. The van der Waals surface area contributed by atoms with Crippen molar-refractivity contribution in [3.8, 4) is 6.07 Å². The first-order valence-electron chi connectivity index (χ1n) is 5.94. The minimum Gasteiger partial charge on any atom is -0.382 e. The number of benzene rings is 1. The van der Waals surface area contributed by atoms with Gasteiger partial charge in [0, 0.05) is 22.0 Å². The van der Waals surface area contributed by atoms with E-state index in [1.165, 1.54) is 22.2 Å². The van der Waals surface area contributed by atoms with E-state index in [1.54, 1.807) is 11.3 Å². The zero-order valence-electron chi connectivity index (χ0n) is 9.57. The molecule has 0 saturated heterocycles. The molecular weight excluding hydrogens is 228 g/mol. The molecule has 2 nitrogen and oxygen atoms in total. The van der Waals surface area contributed by atoms with Crippen molar-refractivity contribution < 1.29 is 0 Å². The summed E-state index contributed by atoms with van der Waals surface area (Å²) >= 11 is 1.75. The third-order valence-corrected chi connectivity index (χ3v) is 4.61. The number of nitrogens with one attached hydrogen (secondary N) is 1. The Bertz CT molecular complexity index is 575. The van der Waals surface area contributed by atoms with E-state index in [9.17, 15) is 5.26 Å². The van der Waals surface area contributed by atoms with E-state index >= 15 is 0 Å². The van der Waals surface area contributed by atoms with Crippen LogP contribution in [0.15, 0.2) is 29.6 Å². The average molecular weight is 242 g/mol. The summed E-state index contributed by atoms with van der Waals surface area (Å²) in [5, 5.41) is 16.1. The summed E-state index contributed by atoms with van der Waals surface area (Å²) in [4.78, 5) is 0. The van der Waals surface area contributed by atoms with Crippen LogP contribution in [0.5, 0.6) is 0 Å². The van der Waals surface area contributed by atoms with Gasteiger partial charge in [0.05, 0.1) is 17.2 Å². The number of rotatable bonds is 3. The van der Waals surface area contributed by atoms with Crippen molar-refractivity contribution in [2.45, 2.75) is 19.3 Å². The fourth-order valence-corrected chi connectivity index (χ4v) is 3.23. The summed E-state index contributed by atoms with van der Waals surface area (Å²) < 4.78 is 1.30. The summed E-state index contributed by atoms with van der Waals surface area (Å²) in [6, 6.07) is 10.9. The minimum atomic E-state index is -0.108. The highest BCUT2D eigenvalue weighted by atomic mass is 32.1. The Morgan fingerprint density at radius 1 is 1.35 bits per heavy atom. The molecule has 0 unspecified atom stereocenters. The molecule has 0 bridgehead atoms. The Hall–Kier alpha value is -1.53. The number of thiophene rings is 1. The molecule has 2 aromatic rings. The molecule has 1 fully saturated rings. The van der Waals surface area contributed by atoms with Crippen LogP contribution >= 0.6 is 11.3 Å². The van der Waals surface area contributed by atoms with E-state index in [4.69, 9.17) is 0 Å². The molecule has 0 atom stereocenters. The Morgan fingerprint density at radius 3 is 2.88 bits per heavy atom. The molecule has 0 aliphatic heterocycles. The predicted octanol–water partition coefficient (Wildman–Crippen LogP) is 4.01. The molecule has 3 heteroatoms. The van der Waals surface area contributed by atoms with Crippen molar-refractivity contribution in [2.75, 3.05) is 11.9 Å². The molecule has 1 aliphatic rings. The summed E-state index contributed by atoms with van der Waals surface area (Å²) in [6.45, 7) is 0.782. The molecule has 1 aromatic heterocycles. The van der Waals surface area contributed by atoms with Gasteiger partial charge in [-0.2, -0.15) is 5.26 Å². The van der Waals surface area contributed by atoms with Crippen LogP contribution in [0.4, 0.5) is 5.69 Å². The highest BCUT2D eigenvalue weighted by molar-refractivity contribution is 7.17. The van der Waals surface area contributed by atoms with Crippen LogP contribution in [-0.2, 0) is 0 Å². The van der Waals surface area contributed by atoms with Crippen LogP contribution in [0, 0.1) is 16.7 Å². The van der Waals surface area contributed by atoms with E-state index in [0.29, 0.717) is 0 Å². The molecule has 0 amide bonds. The lowest BCUT2D eigenvalue weighted by molar-refractivity contribution is 0.233. The lowest BCUT2D eigenvalue weighted by atomic mass is 9.70. The zero-order valence-corrected chi connectivity index (χ0v) is 10.4. The van der Waals surface area contributed by atoms with E-state index in [1.807, 2.05) is 0 Å². The largest absolute Gasteiger partial charge is 0.382 e. The van der Waals surface area contributed by atoms with E-state index in [0.717, 1.165) is 19.4 Å². The Labute approximate surface area is 105 Å². The van der Waals surface area contributed by atoms with Gasteiger partial charge in [0.2, 0.25) is 0 Å². The van der Waals surface area contributed by atoms with Crippen LogP contribution in [0.3, 0.4) is 0 Å². The van der Waals surface area contributed by atoms with Crippen LogP contribution in [0.25, 0.3) is 10.1 Å². The molecule has 0 radical (unpaired) electrons. The Morgan fingerprint density at radius 2 is 2.18 bits per heavy atom. The maximum Gasteiger partial charge on any atom is 0.0746 e. The molecule has 1 N–H and O–H groups in total. The van der Waals surface area contributed by atoms with E-state index in [2.05, 4.69) is 41.0 Å². The van der Waals surface area contributed by atoms with Crippen molar-refractivity contribution in [2.24, 2.45) is 5.41 Å². The quantitative estimate of drug-likeness (QED) is 0.882. The summed E-state index contributed by atoms with van der Waals surface area (Å²) in [7, 11) is 0. The number of nitrogens with zero attached hydrogens (tertiary/aromatic N) is 1. The molecule has 1 heterocycles. The monoisotopic (exact) mass is 242 g/mol. The molecule has 1 saturated carbocycles. The minimum absolute atomic E-state index is 0.108. The van der Waals surface area contributed by atoms with Crippen molar-refractivity contribution in [3.63, 3.8) is 0 Å². The average Bonchev–Trinajstić information content (AvgIpc) is 2.72. The smallest absolute Gasteiger partial charge is 0.0746 e. The second-order valence-electron chi connectivity index (χ2n) is 4.74. The number of hydrogen-bond acceptors (Lipinski definition) is 3. The molecule has 17 heavy (non-hydrogen) atoms. The molecule has 86 valence electrons. The summed E-state index contributed by atoms with van der Waals surface area (Å²) in [6.07, 6.45) is 3.27. The van der Waals surface area contributed by atoms with Crippen molar-refractivity contribution in [1.29, 1.82) is 5.26 Å². The van der Waals surface area contributed by atoms with Gasteiger partial charge < -0.3 is 5.32 Å². The Kier molecular flexibility index (Phi) is 2.53. The van der Waals surface area contributed by atoms with Gasteiger partial charge in [-0.05, 0) is 18.9 Å². The fourth-order valence-electron chi connectivity index (χ4n) is 2.31. The summed E-state index contributed by atoms with van der Waals surface area (Å²) in [5.74, 6) is 0. The van der Waals surface area contributed by atoms with E-state index in [-0.39, 0.29) is 5.41 Å². The molecular formula is C14H14N2S. The van der Waals surface area contributed by atoms with Crippen molar-refractivity contribution in [3.05, 3.63) is 29.6 Å². The highest BCUT2D eigenvalue weighted by Crippen LogP contribution is 2.41. The van der Waals surface area contributed by atoms with Gasteiger partial charge in [-0.25, -0.2) is 0 Å². The second-order valence-corrected chi connectivity index (χ2v) is 5.66. The van der Waals surface area contributed by atoms with Crippen LogP contribution < -0.4 is 5.32 Å². The van der Waals surface area contributed by atoms with Crippen molar-refractivity contribution in [1.82, 2.24) is 0 Å². The predicted molar refractivity (Wildman–Crippen MR) is 72.2 cm³/mol. The van der Waals surface area contributed by atoms with Crippen molar-refractivity contribution >= 4 is 27.1 Å². The SMILES string of the molecule is N#CC1(CNc2csc3ccccc23)CCC1. The lowest BCUT2D eigenvalue weighted by Gasteiger charge is -2.35. The third kappa shape index (κ3) is 1.79. The van der Waals surface area contributed by atoms with Gasteiger partial charge in [-0.1, -0.05) is 24.6 Å². The first kappa shape index (κ1) is 10.6. The van der Waals surface area contributed by atoms with Gasteiger partial charge in [0.25, 0.3) is 0 Å².